The molecule has 9 heavy (non-hydrogen) atoms. The molecule has 1 nitrogen and oxygen atoms in total. The molecule has 0 amide bonds. The lowest BCUT2D eigenvalue weighted by Crippen LogP contribution is -2.21. The zero-order valence-corrected chi connectivity index (χ0v) is 6.61. The molecule has 0 aromatic carbocycles. The molecule has 0 spiro atoms. The van der Waals surface area contributed by atoms with Gasteiger partial charge in [-0.1, -0.05) is 0 Å². The number of hydrogen-bond acceptors (Lipinski definition) is 2. The molecule has 0 saturated heterocycles. The lowest BCUT2D eigenvalue weighted by molar-refractivity contribution is 0.374. The van der Waals surface area contributed by atoms with Gasteiger partial charge in [0.25, 0.3) is 0 Å². The van der Waals surface area contributed by atoms with Crippen molar-refractivity contribution in [1.82, 2.24) is 0 Å². The summed E-state index contributed by atoms with van der Waals surface area (Å²) in [6.07, 6.45) is 5.13. The molecule has 0 unspecified atom stereocenters. The molecule has 0 radical (unpaired) electrons. The summed E-state index contributed by atoms with van der Waals surface area (Å²) in [6, 6.07) is 0. The van der Waals surface area contributed by atoms with E-state index >= 15 is 0 Å². The third-order valence-electron chi connectivity index (χ3n) is 2.15. The molecule has 1 aliphatic carbocycles. The van der Waals surface area contributed by atoms with E-state index in [1.54, 1.807) is 0 Å². The average molecular weight is 145 g/mol. The maximum Gasteiger partial charge on any atom is 0.00170 e. The Kier molecular flexibility index (Phi) is 2.86. The second-order valence-electron chi connectivity index (χ2n) is 2.91. The minimum Gasteiger partial charge on any atom is -0.330 e. The van der Waals surface area contributed by atoms with Crippen molar-refractivity contribution in [3.63, 3.8) is 0 Å². The molecule has 1 aliphatic rings. The lowest BCUT2D eigenvalue weighted by atomic mass is 9.89. The van der Waals surface area contributed by atoms with E-state index in [4.69, 9.17) is 5.73 Å². The van der Waals surface area contributed by atoms with E-state index < -0.39 is 0 Å². The topological polar surface area (TPSA) is 26.0 Å². The summed E-state index contributed by atoms with van der Waals surface area (Å²) in [7, 11) is 0. The zero-order chi connectivity index (χ0) is 6.69. The Bertz CT molecular complexity index is 77.0. The van der Waals surface area contributed by atoms with E-state index in [0.29, 0.717) is 5.25 Å². The van der Waals surface area contributed by atoms with Crippen LogP contribution in [0.5, 0.6) is 0 Å². The molecule has 54 valence electrons. The molecular weight excluding hydrogens is 130 g/mol. The van der Waals surface area contributed by atoms with E-state index in [2.05, 4.69) is 12.6 Å². The minimum absolute atomic E-state index is 0.660. The highest BCUT2D eigenvalue weighted by Gasteiger charge is 2.16. The Morgan fingerprint density at radius 3 is 2.22 bits per heavy atom. The molecule has 1 saturated carbocycles. The van der Waals surface area contributed by atoms with Crippen molar-refractivity contribution in [1.29, 1.82) is 0 Å². The van der Waals surface area contributed by atoms with Crippen LogP contribution >= 0.6 is 12.6 Å². The first kappa shape index (κ1) is 7.42. The number of hydrogen-bond donors (Lipinski definition) is 2. The van der Waals surface area contributed by atoms with Gasteiger partial charge in [0.05, 0.1) is 0 Å². The summed E-state index contributed by atoms with van der Waals surface area (Å²) in [4.78, 5) is 0. The molecule has 1 fully saturated rings. The van der Waals surface area contributed by atoms with Crippen molar-refractivity contribution in [3.05, 3.63) is 0 Å². The fraction of sp³-hybridized carbons (Fsp3) is 1.00. The van der Waals surface area contributed by atoms with E-state index in [0.717, 1.165) is 12.5 Å². The normalized spacial score (nSPS) is 36.7. The highest BCUT2D eigenvalue weighted by molar-refractivity contribution is 7.80. The minimum atomic E-state index is 0.660. The summed E-state index contributed by atoms with van der Waals surface area (Å²) in [5, 5.41) is 0.660. The van der Waals surface area contributed by atoms with Crippen LogP contribution in [-0.2, 0) is 0 Å². The number of thiol groups is 1. The summed E-state index contributed by atoms with van der Waals surface area (Å²) < 4.78 is 0. The van der Waals surface area contributed by atoms with Gasteiger partial charge in [0.2, 0.25) is 0 Å². The standard InChI is InChI=1S/C7H15NS/c8-5-6-1-3-7(9)4-2-6/h6-7,9H,1-5,8H2. The van der Waals surface area contributed by atoms with Gasteiger partial charge in [0.1, 0.15) is 0 Å². The van der Waals surface area contributed by atoms with E-state index in [9.17, 15) is 0 Å². The summed E-state index contributed by atoms with van der Waals surface area (Å²) >= 11 is 4.40. The second-order valence-corrected chi connectivity index (χ2v) is 3.64. The van der Waals surface area contributed by atoms with Gasteiger partial charge in [0, 0.05) is 5.25 Å². The van der Waals surface area contributed by atoms with Crippen molar-refractivity contribution in [3.8, 4) is 0 Å². The van der Waals surface area contributed by atoms with Gasteiger partial charge in [-0.05, 0) is 38.1 Å². The molecule has 0 aliphatic heterocycles. The molecule has 0 atom stereocenters. The number of nitrogens with two attached hydrogens (primary N) is 1. The van der Waals surface area contributed by atoms with Crippen molar-refractivity contribution in [2.24, 2.45) is 11.7 Å². The van der Waals surface area contributed by atoms with Crippen molar-refractivity contribution >= 4 is 12.6 Å². The Hall–Kier alpha value is 0.310. The smallest absolute Gasteiger partial charge is 0.00170 e. The quantitative estimate of drug-likeness (QED) is 0.536. The van der Waals surface area contributed by atoms with Gasteiger partial charge < -0.3 is 5.73 Å². The monoisotopic (exact) mass is 145 g/mol. The average Bonchev–Trinajstić information content (AvgIpc) is 1.90. The Labute approximate surface area is 62.4 Å². The Morgan fingerprint density at radius 1 is 1.22 bits per heavy atom. The first-order chi connectivity index (χ1) is 4.33. The highest BCUT2D eigenvalue weighted by atomic mass is 32.1. The fourth-order valence-corrected chi connectivity index (χ4v) is 1.68. The van der Waals surface area contributed by atoms with Crippen molar-refractivity contribution in [2.75, 3.05) is 6.54 Å². The molecular formula is C7H15NS. The van der Waals surface area contributed by atoms with Crippen molar-refractivity contribution < 1.29 is 0 Å². The molecule has 2 N–H and O–H groups in total. The first-order valence-electron chi connectivity index (χ1n) is 3.71. The SMILES string of the molecule is NCC1CCC(S)CC1. The van der Waals surface area contributed by atoms with Crippen LogP contribution in [0.1, 0.15) is 25.7 Å². The highest BCUT2D eigenvalue weighted by Crippen LogP contribution is 2.26. The molecule has 1 rings (SSSR count). The molecule has 0 heterocycles. The lowest BCUT2D eigenvalue weighted by Gasteiger charge is -2.23. The predicted octanol–water partition coefficient (Wildman–Crippen LogP) is 1.43. The maximum atomic E-state index is 5.52. The van der Waals surface area contributed by atoms with Crippen LogP contribution in [0.25, 0.3) is 0 Å². The van der Waals surface area contributed by atoms with Gasteiger partial charge in [-0.25, -0.2) is 0 Å². The Morgan fingerprint density at radius 2 is 1.78 bits per heavy atom. The molecule has 2 heteroatoms. The van der Waals surface area contributed by atoms with Crippen LogP contribution in [0.15, 0.2) is 0 Å². The molecule has 0 aromatic rings. The Balaban J connectivity index is 2.18. The third-order valence-corrected chi connectivity index (χ3v) is 2.67. The third kappa shape index (κ3) is 2.18. The van der Waals surface area contributed by atoms with Crippen molar-refractivity contribution in [2.45, 2.75) is 30.9 Å². The van der Waals surface area contributed by atoms with Crippen LogP contribution in [0, 0.1) is 5.92 Å². The second kappa shape index (κ2) is 3.47. The van der Waals surface area contributed by atoms with Crippen LogP contribution in [-0.4, -0.2) is 11.8 Å². The van der Waals surface area contributed by atoms with Crippen LogP contribution < -0.4 is 5.73 Å². The summed E-state index contributed by atoms with van der Waals surface area (Å²) in [6.45, 7) is 0.875. The van der Waals surface area contributed by atoms with Gasteiger partial charge in [-0.3, -0.25) is 0 Å². The van der Waals surface area contributed by atoms with Gasteiger partial charge >= 0.3 is 0 Å². The van der Waals surface area contributed by atoms with Crippen LogP contribution in [0.4, 0.5) is 0 Å². The largest absolute Gasteiger partial charge is 0.330 e. The van der Waals surface area contributed by atoms with E-state index in [1.807, 2.05) is 0 Å². The summed E-state index contributed by atoms with van der Waals surface area (Å²) in [5.41, 5.74) is 5.52. The maximum absolute atomic E-state index is 5.52. The van der Waals surface area contributed by atoms with E-state index in [-0.39, 0.29) is 0 Å². The number of rotatable bonds is 1. The summed E-state index contributed by atoms with van der Waals surface area (Å²) in [5.74, 6) is 0.799. The zero-order valence-electron chi connectivity index (χ0n) is 5.71. The van der Waals surface area contributed by atoms with Crippen LogP contribution in [0.2, 0.25) is 0 Å². The van der Waals surface area contributed by atoms with E-state index in [1.165, 1.54) is 25.7 Å². The molecule has 0 aromatic heterocycles. The first-order valence-corrected chi connectivity index (χ1v) is 4.22. The van der Waals surface area contributed by atoms with Gasteiger partial charge in [-0.15, -0.1) is 0 Å². The predicted molar refractivity (Wildman–Crippen MR) is 43.8 cm³/mol. The van der Waals surface area contributed by atoms with Gasteiger partial charge in [0.15, 0.2) is 0 Å². The van der Waals surface area contributed by atoms with Gasteiger partial charge in [-0.2, -0.15) is 12.6 Å². The fourth-order valence-electron chi connectivity index (χ4n) is 1.38. The van der Waals surface area contributed by atoms with Crippen LogP contribution in [0.3, 0.4) is 0 Å². The molecule has 0 bridgehead atoms.